The average Bonchev–Trinajstić information content (AvgIpc) is 3.18. The van der Waals surface area contributed by atoms with Gasteiger partial charge in [0.25, 0.3) is 0 Å². The first-order valence-electron chi connectivity index (χ1n) is 10.8. The Balaban J connectivity index is 1.62. The largest absolute Gasteiger partial charge is 0.501 e. The molecule has 0 radical (unpaired) electrons. The lowest BCUT2D eigenvalue weighted by atomic mass is 10.2. The number of hydrogen-bond acceptors (Lipinski definition) is 8. The fraction of sp³-hybridized carbons (Fsp3) is 0.154. The van der Waals surface area contributed by atoms with Gasteiger partial charge in [0.05, 0.1) is 16.6 Å². The van der Waals surface area contributed by atoms with Crippen LogP contribution in [0, 0.1) is 0 Å². The zero-order valence-electron chi connectivity index (χ0n) is 19.2. The third-order valence-corrected chi connectivity index (χ3v) is 6.16. The molecule has 0 unspecified atom stereocenters. The number of para-hydroxylation sites is 1. The van der Waals surface area contributed by atoms with Crippen LogP contribution >= 0.6 is 11.3 Å². The van der Waals surface area contributed by atoms with Crippen molar-refractivity contribution < 1.29 is 19.4 Å². The van der Waals surface area contributed by atoms with Crippen LogP contribution in [0.1, 0.15) is 20.8 Å². The lowest BCUT2D eigenvalue weighted by Crippen LogP contribution is -2.27. The molecule has 0 aliphatic heterocycles. The minimum Gasteiger partial charge on any atom is -0.501 e. The van der Waals surface area contributed by atoms with Crippen molar-refractivity contribution in [1.29, 1.82) is 0 Å². The molecule has 2 aromatic carbocycles. The molecule has 0 aliphatic carbocycles. The van der Waals surface area contributed by atoms with Crippen molar-refractivity contribution in [3.05, 3.63) is 81.9 Å². The van der Waals surface area contributed by atoms with Crippen molar-refractivity contribution in [2.75, 3.05) is 0 Å². The maximum atomic E-state index is 13.1. The van der Waals surface area contributed by atoms with Gasteiger partial charge in [-0.15, -0.1) is 11.3 Å². The van der Waals surface area contributed by atoms with Gasteiger partial charge in [0.2, 0.25) is 5.76 Å². The molecule has 0 saturated heterocycles. The number of carbonyl (C=O) groups excluding carboxylic acids is 1. The van der Waals surface area contributed by atoms with Crippen LogP contribution < -0.4 is 15.0 Å². The smallest absolute Gasteiger partial charge is 0.375 e. The number of thiophene rings is 1. The second-order valence-corrected chi connectivity index (χ2v) is 9.78. The monoisotopic (exact) mass is 487 g/mol. The number of nitrogens with zero attached hydrogens (tertiary/aromatic N) is 3. The summed E-state index contributed by atoms with van der Waals surface area (Å²) < 4.78 is 12.7. The first-order chi connectivity index (χ1) is 16.7. The molecule has 35 heavy (non-hydrogen) atoms. The summed E-state index contributed by atoms with van der Waals surface area (Å²) in [7, 11) is 0. The maximum absolute atomic E-state index is 13.1. The fourth-order valence-electron chi connectivity index (χ4n) is 3.65. The second kappa shape index (κ2) is 8.52. The van der Waals surface area contributed by atoms with E-state index in [1.54, 1.807) is 57.3 Å². The van der Waals surface area contributed by atoms with Gasteiger partial charge in [-0.3, -0.25) is 4.57 Å². The van der Waals surface area contributed by atoms with Crippen LogP contribution in [0.5, 0.6) is 11.5 Å². The Morgan fingerprint density at radius 3 is 2.37 bits per heavy atom. The molecule has 0 bridgehead atoms. The topological polar surface area (TPSA) is 104 Å². The summed E-state index contributed by atoms with van der Waals surface area (Å²) in [5.41, 5.74) is 0.00875. The van der Waals surface area contributed by atoms with E-state index in [2.05, 4.69) is 9.97 Å². The highest BCUT2D eigenvalue weighted by atomic mass is 32.1. The van der Waals surface area contributed by atoms with E-state index in [1.165, 1.54) is 4.57 Å². The number of hydrogen-bond donors (Lipinski definition) is 1. The van der Waals surface area contributed by atoms with Gasteiger partial charge in [-0.1, -0.05) is 18.2 Å². The van der Waals surface area contributed by atoms with Gasteiger partial charge in [0, 0.05) is 6.20 Å². The zero-order valence-corrected chi connectivity index (χ0v) is 20.0. The highest BCUT2D eigenvalue weighted by Gasteiger charge is 2.24. The van der Waals surface area contributed by atoms with Gasteiger partial charge in [0.15, 0.2) is 0 Å². The molecule has 5 rings (SSSR count). The number of esters is 1. The number of benzene rings is 2. The highest BCUT2D eigenvalue weighted by molar-refractivity contribution is 7.17. The van der Waals surface area contributed by atoms with E-state index < -0.39 is 23.0 Å². The predicted molar refractivity (Wildman–Crippen MR) is 134 cm³/mol. The molecule has 0 amide bonds. The third-order valence-electron chi connectivity index (χ3n) is 5.07. The number of aromatic nitrogens is 3. The molecule has 0 saturated carbocycles. The quantitative estimate of drug-likeness (QED) is 0.372. The van der Waals surface area contributed by atoms with E-state index in [-0.39, 0.29) is 10.0 Å². The van der Waals surface area contributed by atoms with Gasteiger partial charge in [-0.05, 0) is 63.2 Å². The Hall–Kier alpha value is -4.24. The lowest BCUT2D eigenvalue weighted by Gasteiger charge is -2.18. The molecule has 8 nitrogen and oxygen atoms in total. The molecule has 0 atom stereocenters. The Morgan fingerprint density at radius 2 is 1.69 bits per heavy atom. The molecule has 3 heterocycles. The number of pyridine rings is 1. The molecule has 0 spiro atoms. The van der Waals surface area contributed by atoms with Crippen LogP contribution in [0.15, 0.2) is 71.7 Å². The van der Waals surface area contributed by atoms with Crippen molar-refractivity contribution in [3.8, 4) is 17.2 Å². The zero-order chi connectivity index (χ0) is 24.7. The Bertz CT molecular complexity index is 1670. The molecule has 0 fully saturated rings. The molecule has 0 aliphatic rings. The molecular weight excluding hydrogens is 466 g/mol. The summed E-state index contributed by atoms with van der Waals surface area (Å²) in [6.07, 6.45) is 1.57. The van der Waals surface area contributed by atoms with Crippen LogP contribution in [0.3, 0.4) is 0 Å². The van der Waals surface area contributed by atoms with E-state index in [0.29, 0.717) is 32.9 Å². The van der Waals surface area contributed by atoms with Crippen molar-refractivity contribution >= 4 is 44.3 Å². The number of aliphatic hydroxyl groups is 1. The first-order valence-corrected chi connectivity index (χ1v) is 11.6. The summed E-state index contributed by atoms with van der Waals surface area (Å²) in [6, 6.07) is 18.2. The first kappa shape index (κ1) is 22.5. The number of carbonyl (C=O) groups is 1. The van der Waals surface area contributed by atoms with Crippen LogP contribution in [-0.4, -0.2) is 31.2 Å². The van der Waals surface area contributed by atoms with Gasteiger partial charge in [-0.25, -0.2) is 14.6 Å². The van der Waals surface area contributed by atoms with Crippen molar-refractivity contribution in [3.63, 3.8) is 0 Å². The summed E-state index contributed by atoms with van der Waals surface area (Å²) in [6.45, 7) is 5.11. The minimum absolute atomic E-state index is 0.147. The molecular formula is C26H21N3O5S. The number of rotatable bonds is 4. The second-order valence-electron chi connectivity index (χ2n) is 8.78. The molecule has 1 N–H and O–H groups in total. The van der Waals surface area contributed by atoms with Crippen LogP contribution in [0.25, 0.3) is 32.7 Å². The van der Waals surface area contributed by atoms with Crippen LogP contribution in [-0.2, 0) is 9.53 Å². The van der Waals surface area contributed by atoms with Crippen molar-refractivity contribution in [2.45, 2.75) is 26.4 Å². The van der Waals surface area contributed by atoms with Crippen LogP contribution in [0.2, 0.25) is 0 Å². The summed E-state index contributed by atoms with van der Waals surface area (Å²) in [4.78, 5) is 34.7. The standard InChI is InChI=1S/C26H21N3O5S/c1-26(2,3)34-24(31)21(30)22-20-19-18(13-14-27-23(19)35-22)29(25(32)28-20)15-9-11-17(12-10-15)33-16-7-5-4-6-8-16/h4-14,30H,1-3H3. The normalized spacial score (nSPS) is 12.7. The number of aliphatic hydroxyl groups excluding tert-OH is 1. The lowest BCUT2D eigenvalue weighted by molar-refractivity contribution is -0.149. The maximum Gasteiger partial charge on any atom is 0.375 e. The Morgan fingerprint density at radius 1 is 1.00 bits per heavy atom. The molecule has 176 valence electrons. The Labute approximate surface area is 203 Å². The summed E-state index contributed by atoms with van der Waals surface area (Å²) in [5.74, 6) is -0.162. The molecule has 9 heteroatoms. The van der Waals surface area contributed by atoms with Crippen molar-refractivity contribution in [1.82, 2.24) is 14.5 Å². The highest BCUT2D eigenvalue weighted by Crippen LogP contribution is 2.28. The van der Waals surface area contributed by atoms with Crippen LogP contribution in [0.4, 0.5) is 0 Å². The van der Waals surface area contributed by atoms with Gasteiger partial charge in [0.1, 0.15) is 32.0 Å². The predicted octanol–water partition coefficient (Wildman–Crippen LogP) is 4.51. The number of ether oxygens (including phenoxy) is 2. The SMILES string of the molecule is CC(C)(C)OC(=O)C(O)=c1sc2nccc3c2c1nc(=O)n3-c1ccc(Oc2ccccc2)cc1. The summed E-state index contributed by atoms with van der Waals surface area (Å²) >= 11 is 1.08. The average molecular weight is 488 g/mol. The fourth-order valence-corrected chi connectivity index (χ4v) is 4.68. The van der Waals surface area contributed by atoms with E-state index in [1.807, 2.05) is 30.3 Å². The van der Waals surface area contributed by atoms with Crippen molar-refractivity contribution in [2.24, 2.45) is 0 Å². The minimum atomic E-state index is -0.888. The third kappa shape index (κ3) is 4.33. The molecule has 3 aromatic heterocycles. The van der Waals surface area contributed by atoms with Gasteiger partial charge >= 0.3 is 11.7 Å². The van der Waals surface area contributed by atoms with E-state index in [9.17, 15) is 14.7 Å². The van der Waals surface area contributed by atoms with Gasteiger partial charge in [-0.2, -0.15) is 4.98 Å². The van der Waals surface area contributed by atoms with E-state index >= 15 is 0 Å². The van der Waals surface area contributed by atoms with E-state index in [4.69, 9.17) is 9.47 Å². The molecule has 5 aromatic rings. The van der Waals surface area contributed by atoms with E-state index in [0.717, 1.165) is 11.3 Å². The van der Waals surface area contributed by atoms with Gasteiger partial charge < -0.3 is 14.6 Å². The summed E-state index contributed by atoms with van der Waals surface area (Å²) in [5, 5.41) is 11.2. The Kier molecular flexibility index (Phi) is 5.49.